The van der Waals surface area contributed by atoms with E-state index in [0.29, 0.717) is 27.4 Å². The molecule has 3 N–H and O–H groups in total. The number of carboxylic acid groups (broad SMARTS) is 2. The molecule has 9 nitrogen and oxygen atoms in total. The molecule has 0 saturated carbocycles. The Balaban J connectivity index is 1.55. The van der Waals surface area contributed by atoms with Crippen molar-refractivity contribution in [3.05, 3.63) is 113 Å². The molecule has 1 fully saturated rings. The SMILES string of the molecule is O=C(O)C1CC(Cc2c[nH]cn2)(C(=O)O)N(C(=O)c2cccc3ccccc23)C1c1ccc(-c2ccc(Cl)cc2)o1. The number of halogens is 1. The Labute approximate surface area is 239 Å². The number of aliphatic carboxylic acids is 2. The zero-order valence-corrected chi connectivity index (χ0v) is 22.3. The minimum atomic E-state index is -1.93. The molecule has 3 atom stereocenters. The number of aromatic amines is 1. The first-order chi connectivity index (χ1) is 19.8. The van der Waals surface area contributed by atoms with Crippen molar-refractivity contribution in [2.45, 2.75) is 24.4 Å². The molecule has 206 valence electrons. The maximum Gasteiger partial charge on any atom is 0.330 e. The van der Waals surface area contributed by atoms with Gasteiger partial charge in [0, 0.05) is 28.8 Å². The van der Waals surface area contributed by atoms with Gasteiger partial charge in [-0.1, -0.05) is 48.0 Å². The number of carbonyl (C=O) groups excluding carboxylic acids is 1. The van der Waals surface area contributed by atoms with Crippen LogP contribution in [-0.2, 0) is 16.0 Å². The van der Waals surface area contributed by atoms with Crippen LogP contribution in [0.15, 0.2) is 95.8 Å². The van der Waals surface area contributed by atoms with Gasteiger partial charge in [0.15, 0.2) is 0 Å². The summed E-state index contributed by atoms with van der Waals surface area (Å²) in [5.41, 5.74) is -0.589. The number of amides is 1. The largest absolute Gasteiger partial charge is 0.481 e. The summed E-state index contributed by atoms with van der Waals surface area (Å²) >= 11 is 6.03. The molecular formula is C31H24ClN3O6. The summed E-state index contributed by atoms with van der Waals surface area (Å²) < 4.78 is 6.17. The molecular weight excluding hydrogens is 546 g/mol. The van der Waals surface area contributed by atoms with Crippen LogP contribution in [0.2, 0.25) is 5.02 Å². The molecule has 1 amide bonds. The number of hydrogen-bond acceptors (Lipinski definition) is 5. The summed E-state index contributed by atoms with van der Waals surface area (Å²) in [6.45, 7) is 0. The van der Waals surface area contributed by atoms with Crippen molar-refractivity contribution < 1.29 is 29.0 Å². The smallest absolute Gasteiger partial charge is 0.330 e. The fourth-order valence-electron chi connectivity index (χ4n) is 5.82. The van der Waals surface area contributed by atoms with Gasteiger partial charge in [0.2, 0.25) is 0 Å². The number of carbonyl (C=O) groups is 3. The highest BCUT2D eigenvalue weighted by Gasteiger charge is 2.62. The topological polar surface area (TPSA) is 137 Å². The Hall–Kier alpha value is -4.89. The van der Waals surface area contributed by atoms with Gasteiger partial charge in [0.25, 0.3) is 5.91 Å². The molecule has 0 bridgehead atoms. The number of H-pyrrole nitrogens is 1. The molecule has 3 unspecified atom stereocenters. The first-order valence-corrected chi connectivity index (χ1v) is 13.3. The molecule has 0 radical (unpaired) electrons. The highest BCUT2D eigenvalue weighted by molar-refractivity contribution is 6.30. The Bertz CT molecular complexity index is 1760. The molecule has 6 rings (SSSR count). The molecule has 3 aromatic carbocycles. The standard InChI is InChI=1S/C31H24ClN3O6/c32-20-10-8-19(9-11-20)25-12-13-26(41-25)27-24(29(37)38)15-31(30(39)40,14-21-16-33-17-34-21)35(27)28(36)23-7-3-5-18-4-1-2-6-22(18)23/h1-13,16-17,24,27H,14-15H2,(H,33,34)(H,37,38)(H,39,40). The zero-order chi connectivity index (χ0) is 28.7. The lowest BCUT2D eigenvalue weighted by Gasteiger charge is -2.37. The first kappa shape index (κ1) is 26.3. The number of rotatable bonds is 7. The highest BCUT2D eigenvalue weighted by atomic mass is 35.5. The monoisotopic (exact) mass is 569 g/mol. The summed E-state index contributed by atoms with van der Waals surface area (Å²) in [4.78, 5) is 48.7. The van der Waals surface area contributed by atoms with Crippen molar-refractivity contribution in [3.63, 3.8) is 0 Å². The fraction of sp³-hybridized carbons (Fsp3) is 0.161. The number of likely N-dealkylation sites (tertiary alicyclic amines) is 1. The van der Waals surface area contributed by atoms with E-state index in [2.05, 4.69) is 9.97 Å². The number of nitrogens with one attached hydrogen (secondary N) is 1. The van der Waals surface area contributed by atoms with Crippen molar-refractivity contribution >= 4 is 40.2 Å². The average Bonchev–Trinajstić information content (AvgIpc) is 3.73. The molecule has 1 saturated heterocycles. The lowest BCUT2D eigenvalue weighted by atomic mass is 9.86. The van der Waals surface area contributed by atoms with Crippen molar-refractivity contribution in [2.24, 2.45) is 5.92 Å². The second-order valence-corrected chi connectivity index (χ2v) is 10.5. The average molecular weight is 570 g/mol. The van der Waals surface area contributed by atoms with Gasteiger partial charge in [-0.3, -0.25) is 9.59 Å². The van der Waals surface area contributed by atoms with E-state index in [4.69, 9.17) is 16.0 Å². The van der Waals surface area contributed by atoms with E-state index in [1.165, 1.54) is 11.2 Å². The number of nitrogens with zero attached hydrogens (tertiary/aromatic N) is 2. The Kier molecular flexibility index (Phi) is 6.59. The maximum atomic E-state index is 14.6. The van der Waals surface area contributed by atoms with Crippen LogP contribution in [-0.4, -0.2) is 48.5 Å². The van der Waals surface area contributed by atoms with Crippen molar-refractivity contribution in [2.75, 3.05) is 0 Å². The number of carboxylic acids is 2. The van der Waals surface area contributed by atoms with Crippen molar-refractivity contribution in [3.8, 4) is 11.3 Å². The van der Waals surface area contributed by atoms with Crippen LogP contribution < -0.4 is 0 Å². The molecule has 0 spiro atoms. The summed E-state index contributed by atoms with van der Waals surface area (Å²) in [5, 5.41) is 23.1. The van der Waals surface area contributed by atoms with Crippen molar-refractivity contribution in [1.29, 1.82) is 0 Å². The van der Waals surface area contributed by atoms with E-state index in [1.54, 1.807) is 66.9 Å². The Morgan fingerprint density at radius 3 is 2.46 bits per heavy atom. The molecule has 0 aliphatic carbocycles. The molecule has 2 aromatic heterocycles. The predicted octanol–water partition coefficient (Wildman–Crippen LogP) is 5.83. The van der Waals surface area contributed by atoms with Crippen LogP contribution in [0, 0.1) is 5.92 Å². The molecule has 10 heteroatoms. The van der Waals surface area contributed by atoms with Crippen molar-refractivity contribution in [1.82, 2.24) is 14.9 Å². The zero-order valence-electron chi connectivity index (χ0n) is 21.5. The number of benzene rings is 3. The third kappa shape index (κ3) is 4.54. The summed E-state index contributed by atoms with van der Waals surface area (Å²) in [6.07, 6.45) is 2.41. The minimum absolute atomic E-state index is 0.168. The van der Waals surface area contributed by atoms with Gasteiger partial charge >= 0.3 is 11.9 Å². The van der Waals surface area contributed by atoms with E-state index in [0.717, 1.165) is 5.39 Å². The predicted molar refractivity (Wildman–Crippen MR) is 150 cm³/mol. The van der Waals surface area contributed by atoms with Gasteiger partial charge in [-0.25, -0.2) is 9.78 Å². The molecule has 1 aliphatic heterocycles. The number of fused-ring (bicyclic) bond motifs is 1. The molecule has 3 heterocycles. The van der Waals surface area contributed by atoms with E-state index in [9.17, 15) is 24.6 Å². The van der Waals surface area contributed by atoms with Crippen LogP contribution in [0.3, 0.4) is 0 Å². The number of aromatic nitrogens is 2. The normalized spacial score (nSPS) is 20.4. The van der Waals surface area contributed by atoms with E-state index >= 15 is 0 Å². The van der Waals surface area contributed by atoms with Gasteiger partial charge in [0.05, 0.1) is 17.9 Å². The Morgan fingerprint density at radius 1 is 1.00 bits per heavy atom. The second kappa shape index (κ2) is 10.3. The van der Waals surface area contributed by atoms with Gasteiger partial charge in [-0.2, -0.15) is 0 Å². The van der Waals surface area contributed by atoms with E-state index in [-0.39, 0.29) is 24.2 Å². The molecule has 1 aliphatic rings. The van der Waals surface area contributed by atoms with E-state index < -0.39 is 35.3 Å². The number of imidazole rings is 1. The second-order valence-electron chi connectivity index (χ2n) is 10.1. The van der Waals surface area contributed by atoms with Crippen LogP contribution in [0.25, 0.3) is 22.1 Å². The fourth-order valence-corrected chi connectivity index (χ4v) is 5.95. The first-order valence-electron chi connectivity index (χ1n) is 12.9. The number of furan rings is 1. The van der Waals surface area contributed by atoms with Gasteiger partial charge in [0.1, 0.15) is 23.1 Å². The molecule has 5 aromatic rings. The van der Waals surface area contributed by atoms with Gasteiger partial charge in [-0.15, -0.1) is 0 Å². The van der Waals surface area contributed by atoms with Crippen LogP contribution in [0.1, 0.15) is 34.3 Å². The van der Waals surface area contributed by atoms with E-state index in [1.807, 2.05) is 18.2 Å². The van der Waals surface area contributed by atoms with Crippen LogP contribution in [0.5, 0.6) is 0 Å². The van der Waals surface area contributed by atoms with Gasteiger partial charge in [-0.05, 0) is 59.7 Å². The lowest BCUT2D eigenvalue weighted by molar-refractivity contribution is -0.149. The summed E-state index contributed by atoms with van der Waals surface area (Å²) in [5.74, 6) is -3.85. The van der Waals surface area contributed by atoms with Crippen LogP contribution in [0.4, 0.5) is 0 Å². The highest BCUT2D eigenvalue weighted by Crippen LogP contribution is 2.50. The van der Waals surface area contributed by atoms with Crippen LogP contribution >= 0.6 is 11.6 Å². The van der Waals surface area contributed by atoms with Gasteiger partial charge < -0.3 is 24.5 Å². The quantitative estimate of drug-likeness (QED) is 0.224. The maximum absolute atomic E-state index is 14.6. The molecule has 41 heavy (non-hydrogen) atoms. The lowest BCUT2D eigenvalue weighted by Crippen LogP contribution is -2.55. The number of hydrogen-bond donors (Lipinski definition) is 3. The summed E-state index contributed by atoms with van der Waals surface area (Å²) in [6, 6.07) is 21.4. The Morgan fingerprint density at radius 2 is 1.76 bits per heavy atom. The minimum Gasteiger partial charge on any atom is -0.481 e. The third-order valence-electron chi connectivity index (χ3n) is 7.71. The summed E-state index contributed by atoms with van der Waals surface area (Å²) in [7, 11) is 0. The third-order valence-corrected chi connectivity index (χ3v) is 7.96.